The van der Waals surface area contributed by atoms with Crippen molar-refractivity contribution in [1.29, 1.82) is 0 Å². The third kappa shape index (κ3) is 4.73. The van der Waals surface area contributed by atoms with E-state index in [9.17, 15) is 4.39 Å². The number of hydrogen-bond acceptors (Lipinski definition) is 2. The zero-order valence-electron chi connectivity index (χ0n) is 12.2. The molecule has 4 heteroatoms. The summed E-state index contributed by atoms with van der Waals surface area (Å²) in [6, 6.07) is 13.0. The van der Waals surface area contributed by atoms with Crippen LogP contribution in [0, 0.1) is 5.82 Å². The molecule has 0 amide bonds. The van der Waals surface area contributed by atoms with E-state index >= 15 is 0 Å². The van der Waals surface area contributed by atoms with Crippen LogP contribution in [-0.4, -0.2) is 6.04 Å². The van der Waals surface area contributed by atoms with Crippen LogP contribution in [0.5, 0.6) is 5.75 Å². The van der Waals surface area contributed by atoms with E-state index in [1.54, 1.807) is 12.1 Å². The highest BCUT2D eigenvalue weighted by atomic mass is 35.5. The third-order valence-electron chi connectivity index (χ3n) is 3.06. The molecule has 0 aromatic heterocycles. The first-order valence-electron chi connectivity index (χ1n) is 6.94. The highest BCUT2D eigenvalue weighted by Gasteiger charge is 2.06. The van der Waals surface area contributed by atoms with E-state index < -0.39 is 5.82 Å². The van der Waals surface area contributed by atoms with Gasteiger partial charge in [0, 0.05) is 18.2 Å². The Balaban J connectivity index is 1.93. The zero-order valence-corrected chi connectivity index (χ0v) is 13.0. The molecule has 0 atom stereocenters. The van der Waals surface area contributed by atoms with Gasteiger partial charge >= 0.3 is 0 Å². The topological polar surface area (TPSA) is 21.3 Å². The molecule has 0 heterocycles. The van der Waals surface area contributed by atoms with Crippen molar-refractivity contribution in [2.45, 2.75) is 33.0 Å². The molecule has 0 fully saturated rings. The van der Waals surface area contributed by atoms with Gasteiger partial charge in [-0.2, -0.15) is 0 Å². The van der Waals surface area contributed by atoms with Gasteiger partial charge in [-0.15, -0.1) is 0 Å². The highest BCUT2D eigenvalue weighted by molar-refractivity contribution is 6.31. The summed E-state index contributed by atoms with van der Waals surface area (Å²) in [5, 5.41) is 3.47. The average molecular weight is 308 g/mol. The van der Waals surface area contributed by atoms with Crippen molar-refractivity contribution in [3.05, 3.63) is 64.4 Å². The Morgan fingerprint density at radius 1 is 1.14 bits per heavy atom. The lowest BCUT2D eigenvalue weighted by Gasteiger charge is -2.10. The maximum absolute atomic E-state index is 13.3. The lowest BCUT2D eigenvalue weighted by molar-refractivity contribution is 0.305. The Morgan fingerprint density at radius 2 is 1.86 bits per heavy atom. The van der Waals surface area contributed by atoms with E-state index in [2.05, 4.69) is 19.2 Å². The number of halogens is 2. The molecule has 0 aliphatic rings. The first kappa shape index (κ1) is 15.8. The molecule has 2 aromatic carbocycles. The number of ether oxygens (including phenoxy) is 1. The van der Waals surface area contributed by atoms with E-state index in [1.807, 2.05) is 24.3 Å². The van der Waals surface area contributed by atoms with E-state index in [0.717, 1.165) is 12.3 Å². The van der Waals surface area contributed by atoms with Gasteiger partial charge in [-0.25, -0.2) is 4.39 Å². The van der Waals surface area contributed by atoms with Crippen LogP contribution in [-0.2, 0) is 13.2 Å². The van der Waals surface area contributed by atoms with Gasteiger partial charge in [0.25, 0.3) is 0 Å². The van der Waals surface area contributed by atoms with Crippen LogP contribution >= 0.6 is 11.6 Å². The van der Waals surface area contributed by atoms with Crippen LogP contribution in [0.1, 0.15) is 25.0 Å². The maximum Gasteiger partial charge on any atom is 0.142 e. The fourth-order valence-electron chi connectivity index (χ4n) is 1.85. The molecule has 1 N–H and O–H groups in total. The molecule has 0 bridgehead atoms. The molecule has 0 spiro atoms. The van der Waals surface area contributed by atoms with Gasteiger partial charge in [0.15, 0.2) is 0 Å². The van der Waals surface area contributed by atoms with Gasteiger partial charge in [-0.1, -0.05) is 49.7 Å². The fraction of sp³-hybridized carbons (Fsp3) is 0.294. The fourth-order valence-corrected chi connectivity index (χ4v) is 2.03. The summed E-state index contributed by atoms with van der Waals surface area (Å²) in [7, 11) is 0. The SMILES string of the molecule is CC(C)NCc1ccc(OCc2cccc(F)c2Cl)cc1. The molecular formula is C17H19ClFNO. The van der Waals surface area contributed by atoms with Gasteiger partial charge in [0.2, 0.25) is 0 Å². The molecule has 0 saturated heterocycles. The molecule has 21 heavy (non-hydrogen) atoms. The number of nitrogens with one attached hydrogen (secondary N) is 1. The Bertz CT molecular complexity index is 584. The minimum Gasteiger partial charge on any atom is -0.489 e. The average Bonchev–Trinajstić information content (AvgIpc) is 2.48. The molecule has 112 valence electrons. The van der Waals surface area contributed by atoms with Gasteiger partial charge in [0.1, 0.15) is 18.2 Å². The number of benzene rings is 2. The van der Waals surface area contributed by atoms with Crippen molar-refractivity contribution in [3.8, 4) is 5.75 Å². The molecule has 2 aromatic rings. The predicted octanol–water partition coefficient (Wildman–Crippen LogP) is 4.56. The smallest absolute Gasteiger partial charge is 0.142 e. The van der Waals surface area contributed by atoms with Crippen LogP contribution in [0.4, 0.5) is 4.39 Å². The second-order valence-corrected chi connectivity index (χ2v) is 5.56. The lowest BCUT2D eigenvalue weighted by atomic mass is 10.2. The van der Waals surface area contributed by atoms with E-state index in [-0.39, 0.29) is 11.6 Å². The quantitative estimate of drug-likeness (QED) is 0.845. The van der Waals surface area contributed by atoms with Gasteiger partial charge in [-0.05, 0) is 23.8 Å². The van der Waals surface area contributed by atoms with Gasteiger partial charge < -0.3 is 10.1 Å². The standard InChI is InChI=1S/C17H19ClFNO/c1-12(2)20-10-13-6-8-15(9-7-13)21-11-14-4-3-5-16(19)17(14)18/h3-9,12,20H,10-11H2,1-2H3. The summed E-state index contributed by atoms with van der Waals surface area (Å²) in [5.41, 5.74) is 1.84. The van der Waals surface area contributed by atoms with E-state index in [4.69, 9.17) is 16.3 Å². The minimum atomic E-state index is -0.423. The molecule has 2 nitrogen and oxygen atoms in total. The Labute approximate surface area is 129 Å². The molecular weight excluding hydrogens is 289 g/mol. The van der Waals surface area contributed by atoms with E-state index in [1.165, 1.54) is 11.6 Å². The Morgan fingerprint density at radius 3 is 2.52 bits per heavy atom. The molecule has 0 aliphatic carbocycles. The summed E-state index contributed by atoms with van der Waals surface area (Å²) in [4.78, 5) is 0. The van der Waals surface area contributed by atoms with Crippen LogP contribution in [0.25, 0.3) is 0 Å². The third-order valence-corrected chi connectivity index (χ3v) is 3.49. The first-order chi connectivity index (χ1) is 10.1. The second-order valence-electron chi connectivity index (χ2n) is 5.18. The zero-order chi connectivity index (χ0) is 15.2. The molecule has 0 radical (unpaired) electrons. The predicted molar refractivity (Wildman–Crippen MR) is 84.2 cm³/mol. The molecule has 0 unspecified atom stereocenters. The van der Waals surface area contributed by atoms with E-state index in [0.29, 0.717) is 11.6 Å². The summed E-state index contributed by atoms with van der Waals surface area (Å²) in [6.07, 6.45) is 0. The van der Waals surface area contributed by atoms with Crippen LogP contribution in [0.2, 0.25) is 5.02 Å². The highest BCUT2D eigenvalue weighted by Crippen LogP contribution is 2.21. The summed E-state index contributed by atoms with van der Waals surface area (Å²) in [6.45, 7) is 5.30. The first-order valence-corrected chi connectivity index (χ1v) is 7.32. The minimum absolute atomic E-state index is 0.121. The largest absolute Gasteiger partial charge is 0.489 e. The lowest BCUT2D eigenvalue weighted by Crippen LogP contribution is -2.21. The number of hydrogen-bond donors (Lipinski definition) is 1. The monoisotopic (exact) mass is 307 g/mol. The molecule has 0 aliphatic heterocycles. The van der Waals surface area contributed by atoms with Crippen molar-refractivity contribution in [1.82, 2.24) is 5.32 Å². The van der Waals surface area contributed by atoms with Crippen LogP contribution < -0.4 is 10.1 Å². The molecule has 2 rings (SSSR count). The van der Waals surface area contributed by atoms with Crippen molar-refractivity contribution >= 4 is 11.6 Å². The van der Waals surface area contributed by atoms with Crippen LogP contribution in [0.15, 0.2) is 42.5 Å². The number of rotatable bonds is 6. The van der Waals surface area contributed by atoms with Crippen molar-refractivity contribution in [3.63, 3.8) is 0 Å². The molecule has 0 saturated carbocycles. The maximum atomic E-state index is 13.3. The Kier molecular flexibility index (Phi) is 5.59. The van der Waals surface area contributed by atoms with Gasteiger partial charge in [-0.3, -0.25) is 0 Å². The summed E-state index contributed by atoms with van der Waals surface area (Å²) < 4.78 is 19.0. The summed E-state index contributed by atoms with van der Waals surface area (Å²) in [5.74, 6) is 0.316. The van der Waals surface area contributed by atoms with Crippen molar-refractivity contribution < 1.29 is 9.13 Å². The second kappa shape index (κ2) is 7.43. The Hall–Kier alpha value is -1.58. The van der Waals surface area contributed by atoms with Crippen molar-refractivity contribution in [2.75, 3.05) is 0 Å². The van der Waals surface area contributed by atoms with Crippen molar-refractivity contribution in [2.24, 2.45) is 0 Å². The normalized spacial score (nSPS) is 10.9. The van der Waals surface area contributed by atoms with Gasteiger partial charge in [0.05, 0.1) is 5.02 Å². The summed E-state index contributed by atoms with van der Waals surface area (Å²) >= 11 is 5.89. The van der Waals surface area contributed by atoms with Crippen LogP contribution in [0.3, 0.4) is 0 Å².